The summed E-state index contributed by atoms with van der Waals surface area (Å²) in [6, 6.07) is 13.9. The van der Waals surface area contributed by atoms with E-state index in [4.69, 9.17) is 13.9 Å². The molecule has 0 spiro atoms. The third kappa shape index (κ3) is 3.92. The molecular weight excluding hydrogens is 322 g/mol. The van der Waals surface area contributed by atoms with Crippen LogP contribution in [-0.4, -0.2) is 24.0 Å². The Hall–Kier alpha value is -3.41. The molecule has 1 aromatic heterocycles. The van der Waals surface area contributed by atoms with E-state index in [0.717, 1.165) is 5.56 Å². The number of carbonyl (C=O) groups excluding carboxylic acids is 2. The van der Waals surface area contributed by atoms with Crippen LogP contribution in [0.5, 0.6) is 0 Å². The highest BCUT2D eigenvalue weighted by atomic mass is 16.5. The van der Waals surface area contributed by atoms with Gasteiger partial charge in [0.1, 0.15) is 12.9 Å². The summed E-state index contributed by atoms with van der Waals surface area (Å²) in [5.41, 5.74) is 1.78. The van der Waals surface area contributed by atoms with E-state index in [1.165, 1.54) is 25.6 Å². The van der Waals surface area contributed by atoms with Crippen LogP contribution in [0.1, 0.15) is 26.3 Å². The van der Waals surface area contributed by atoms with Gasteiger partial charge in [0.05, 0.1) is 24.4 Å². The molecule has 0 aliphatic carbocycles. The molecule has 0 aliphatic rings. The molecule has 0 unspecified atom stereocenters. The predicted octanol–water partition coefficient (Wildman–Crippen LogP) is 3.49. The van der Waals surface area contributed by atoms with E-state index in [2.05, 4.69) is 4.98 Å². The Morgan fingerprint density at radius 2 is 1.76 bits per heavy atom. The van der Waals surface area contributed by atoms with Gasteiger partial charge < -0.3 is 13.9 Å². The fourth-order valence-electron chi connectivity index (χ4n) is 2.28. The highest BCUT2D eigenvalue weighted by Crippen LogP contribution is 2.22. The summed E-state index contributed by atoms with van der Waals surface area (Å²) in [4.78, 5) is 28.3. The van der Waals surface area contributed by atoms with Crippen LogP contribution in [0.3, 0.4) is 0 Å². The Morgan fingerprint density at radius 1 is 1.04 bits per heavy atom. The van der Waals surface area contributed by atoms with Gasteiger partial charge in [-0.3, -0.25) is 0 Å². The average Bonchev–Trinajstić information content (AvgIpc) is 3.20. The normalized spacial score (nSPS) is 10.3. The minimum Gasteiger partial charge on any atom is -0.465 e. The van der Waals surface area contributed by atoms with Crippen LogP contribution in [0, 0.1) is 0 Å². The molecule has 0 radical (unpaired) electrons. The first-order valence-corrected chi connectivity index (χ1v) is 7.51. The van der Waals surface area contributed by atoms with Gasteiger partial charge in [0.15, 0.2) is 0 Å². The SMILES string of the molecule is COC(=O)c1cc(C(=O)OCc2ccccc2)cc(-c2ncco2)c1. The molecule has 0 saturated carbocycles. The highest BCUT2D eigenvalue weighted by molar-refractivity contribution is 5.97. The van der Waals surface area contributed by atoms with E-state index in [0.29, 0.717) is 11.5 Å². The lowest BCUT2D eigenvalue weighted by Crippen LogP contribution is -2.09. The predicted molar refractivity (Wildman–Crippen MR) is 88.8 cm³/mol. The molecule has 0 fully saturated rings. The third-order valence-electron chi connectivity index (χ3n) is 3.48. The van der Waals surface area contributed by atoms with Crippen molar-refractivity contribution in [3.05, 3.63) is 77.7 Å². The van der Waals surface area contributed by atoms with Crippen LogP contribution in [0.15, 0.2) is 65.4 Å². The number of aromatic nitrogens is 1. The van der Waals surface area contributed by atoms with Crippen molar-refractivity contribution in [2.45, 2.75) is 6.61 Å². The molecule has 6 nitrogen and oxygen atoms in total. The van der Waals surface area contributed by atoms with Gasteiger partial charge in [-0.15, -0.1) is 0 Å². The quantitative estimate of drug-likeness (QED) is 0.663. The summed E-state index contributed by atoms with van der Waals surface area (Å²) >= 11 is 0. The van der Waals surface area contributed by atoms with Crippen LogP contribution in [0.4, 0.5) is 0 Å². The van der Waals surface area contributed by atoms with Gasteiger partial charge in [-0.1, -0.05) is 30.3 Å². The molecule has 0 atom stereocenters. The van der Waals surface area contributed by atoms with Crippen LogP contribution in [0.2, 0.25) is 0 Å². The number of nitrogens with zero attached hydrogens (tertiary/aromatic N) is 1. The zero-order chi connectivity index (χ0) is 17.6. The van der Waals surface area contributed by atoms with Crippen LogP contribution in [0.25, 0.3) is 11.5 Å². The van der Waals surface area contributed by atoms with Gasteiger partial charge in [-0.05, 0) is 23.8 Å². The number of hydrogen-bond acceptors (Lipinski definition) is 6. The van der Waals surface area contributed by atoms with Gasteiger partial charge in [0.2, 0.25) is 5.89 Å². The minimum atomic E-state index is -0.564. The third-order valence-corrected chi connectivity index (χ3v) is 3.48. The first kappa shape index (κ1) is 16.4. The number of esters is 2. The number of rotatable bonds is 5. The van der Waals surface area contributed by atoms with Crippen molar-refractivity contribution in [3.8, 4) is 11.5 Å². The van der Waals surface area contributed by atoms with Gasteiger partial charge in [-0.2, -0.15) is 0 Å². The van der Waals surface area contributed by atoms with E-state index in [9.17, 15) is 9.59 Å². The first-order valence-electron chi connectivity index (χ1n) is 7.51. The largest absolute Gasteiger partial charge is 0.465 e. The van der Waals surface area contributed by atoms with Crippen molar-refractivity contribution < 1.29 is 23.5 Å². The lowest BCUT2D eigenvalue weighted by Gasteiger charge is -2.08. The van der Waals surface area contributed by atoms with Crippen molar-refractivity contribution in [1.82, 2.24) is 4.98 Å². The standard InChI is InChI=1S/C19H15NO5/c1-23-18(21)15-9-14(17-20-7-8-24-17)10-16(11-15)19(22)25-12-13-5-3-2-4-6-13/h2-11H,12H2,1H3. The molecule has 0 N–H and O–H groups in total. The number of methoxy groups -OCH3 is 1. The molecule has 126 valence electrons. The maximum absolute atomic E-state index is 12.4. The molecule has 2 aromatic carbocycles. The lowest BCUT2D eigenvalue weighted by atomic mass is 10.1. The topological polar surface area (TPSA) is 78.6 Å². The van der Waals surface area contributed by atoms with E-state index in [1.807, 2.05) is 30.3 Å². The highest BCUT2D eigenvalue weighted by Gasteiger charge is 2.17. The zero-order valence-electron chi connectivity index (χ0n) is 13.5. The van der Waals surface area contributed by atoms with Gasteiger partial charge in [0.25, 0.3) is 0 Å². The Balaban J connectivity index is 1.87. The second-order valence-corrected chi connectivity index (χ2v) is 5.19. The number of ether oxygens (including phenoxy) is 2. The van der Waals surface area contributed by atoms with Crippen molar-refractivity contribution in [3.63, 3.8) is 0 Å². The molecule has 0 saturated heterocycles. The maximum Gasteiger partial charge on any atom is 0.338 e. The van der Waals surface area contributed by atoms with E-state index in [-0.39, 0.29) is 17.7 Å². The Kier molecular flexibility index (Phi) is 4.89. The van der Waals surface area contributed by atoms with E-state index in [1.54, 1.807) is 12.1 Å². The number of benzene rings is 2. The number of oxazole rings is 1. The summed E-state index contributed by atoms with van der Waals surface area (Å²) in [5, 5.41) is 0. The lowest BCUT2D eigenvalue weighted by molar-refractivity contribution is 0.0472. The molecule has 0 bridgehead atoms. The van der Waals surface area contributed by atoms with Crippen molar-refractivity contribution in [2.24, 2.45) is 0 Å². The van der Waals surface area contributed by atoms with Crippen LogP contribution >= 0.6 is 0 Å². The summed E-state index contributed by atoms with van der Waals surface area (Å²) in [6.45, 7) is 0.135. The summed E-state index contributed by atoms with van der Waals surface area (Å²) in [6.07, 6.45) is 2.89. The fraction of sp³-hybridized carbons (Fsp3) is 0.105. The Morgan fingerprint density at radius 3 is 2.40 bits per heavy atom. The molecule has 25 heavy (non-hydrogen) atoms. The van der Waals surface area contributed by atoms with Crippen molar-refractivity contribution in [2.75, 3.05) is 7.11 Å². The number of hydrogen-bond donors (Lipinski definition) is 0. The number of carbonyl (C=O) groups is 2. The Labute approximate surface area is 144 Å². The second kappa shape index (κ2) is 7.44. The average molecular weight is 337 g/mol. The molecular formula is C19H15NO5. The molecule has 0 amide bonds. The molecule has 3 rings (SSSR count). The van der Waals surface area contributed by atoms with Crippen molar-refractivity contribution in [1.29, 1.82) is 0 Å². The molecule has 0 aliphatic heterocycles. The monoisotopic (exact) mass is 337 g/mol. The summed E-state index contributed by atoms with van der Waals surface area (Å²) in [7, 11) is 1.27. The van der Waals surface area contributed by atoms with Gasteiger partial charge >= 0.3 is 11.9 Å². The zero-order valence-corrected chi connectivity index (χ0v) is 13.5. The van der Waals surface area contributed by atoms with Crippen LogP contribution in [-0.2, 0) is 16.1 Å². The van der Waals surface area contributed by atoms with Crippen LogP contribution < -0.4 is 0 Å². The smallest absolute Gasteiger partial charge is 0.338 e. The second-order valence-electron chi connectivity index (χ2n) is 5.19. The first-order chi connectivity index (χ1) is 12.2. The van der Waals surface area contributed by atoms with Crippen molar-refractivity contribution >= 4 is 11.9 Å². The van der Waals surface area contributed by atoms with E-state index >= 15 is 0 Å². The minimum absolute atomic E-state index is 0.135. The maximum atomic E-state index is 12.4. The molecule has 1 heterocycles. The summed E-state index contributed by atoms with van der Waals surface area (Å²) in [5.74, 6) is -0.823. The van der Waals surface area contributed by atoms with E-state index < -0.39 is 11.9 Å². The van der Waals surface area contributed by atoms with Gasteiger partial charge in [-0.25, -0.2) is 14.6 Å². The molecule has 3 aromatic rings. The Bertz CT molecular complexity index is 872. The fourth-order valence-corrected chi connectivity index (χ4v) is 2.28. The van der Waals surface area contributed by atoms with Gasteiger partial charge in [0, 0.05) is 5.56 Å². The molecule has 6 heteroatoms. The summed E-state index contributed by atoms with van der Waals surface area (Å²) < 4.78 is 15.3.